The van der Waals surface area contributed by atoms with E-state index in [0.717, 1.165) is 12.0 Å². The van der Waals surface area contributed by atoms with E-state index in [1.54, 1.807) is 0 Å². The number of amides is 1. The number of nitrogens with zero attached hydrogens (tertiary/aromatic N) is 1. The summed E-state index contributed by atoms with van der Waals surface area (Å²) in [7, 11) is 0. The van der Waals surface area contributed by atoms with Crippen LogP contribution in [0.5, 0.6) is 0 Å². The largest absolute Gasteiger partial charge is 0.375 e. The van der Waals surface area contributed by atoms with Gasteiger partial charge in [0, 0.05) is 13.1 Å². The van der Waals surface area contributed by atoms with E-state index in [9.17, 15) is 4.79 Å². The number of nitrogens with two attached hydrogens (primary N) is 1. The summed E-state index contributed by atoms with van der Waals surface area (Å²) in [5.74, 6) is -0.00870. The van der Waals surface area contributed by atoms with Gasteiger partial charge in [0.05, 0.1) is 12.7 Å². The molecule has 2 N–H and O–H groups in total. The number of benzene rings is 1. The molecule has 1 aromatic rings. The molecule has 1 aliphatic heterocycles. The van der Waals surface area contributed by atoms with Crippen LogP contribution >= 0.6 is 0 Å². The lowest BCUT2D eigenvalue weighted by Crippen LogP contribution is -2.48. The Kier molecular flexibility index (Phi) is 4.56. The molecule has 19 heavy (non-hydrogen) atoms. The Labute approximate surface area is 114 Å². The van der Waals surface area contributed by atoms with Crippen LogP contribution in [-0.2, 0) is 9.53 Å². The summed E-state index contributed by atoms with van der Waals surface area (Å²) in [5.41, 5.74) is 8.11. The van der Waals surface area contributed by atoms with Gasteiger partial charge in [-0.2, -0.15) is 0 Å². The maximum atomic E-state index is 12.4. The fourth-order valence-corrected chi connectivity index (χ4v) is 2.28. The van der Waals surface area contributed by atoms with Crippen molar-refractivity contribution in [2.45, 2.75) is 32.4 Å². The van der Waals surface area contributed by atoms with Gasteiger partial charge in [0.2, 0.25) is 5.91 Å². The summed E-state index contributed by atoms with van der Waals surface area (Å²) in [6.07, 6.45) is 1.06. The summed E-state index contributed by atoms with van der Waals surface area (Å²) < 4.78 is 5.57. The molecule has 1 aromatic carbocycles. The number of hydrogen-bond acceptors (Lipinski definition) is 3. The molecule has 2 rings (SSSR count). The van der Waals surface area contributed by atoms with Crippen molar-refractivity contribution in [2.24, 2.45) is 5.73 Å². The quantitative estimate of drug-likeness (QED) is 0.901. The van der Waals surface area contributed by atoms with Crippen molar-refractivity contribution in [3.63, 3.8) is 0 Å². The number of hydrogen-bond donors (Lipinski definition) is 1. The summed E-state index contributed by atoms with van der Waals surface area (Å²) in [6.45, 7) is 5.97. The average molecular weight is 262 g/mol. The average Bonchev–Trinajstić information content (AvgIpc) is 2.46. The number of ether oxygens (including phenoxy) is 1. The van der Waals surface area contributed by atoms with Gasteiger partial charge in [-0.25, -0.2) is 0 Å². The van der Waals surface area contributed by atoms with E-state index in [1.807, 2.05) is 36.1 Å². The number of carbonyl (C=O) groups excluding carboxylic acids is 1. The second kappa shape index (κ2) is 6.17. The number of carbonyl (C=O) groups is 1. The molecule has 0 aliphatic carbocycles. The van der Waals surface area contributed by atoms with Gasteiger partial charge in [0.25, 0.3) is 0 Å². The standard InChI is InChI=1S/C15H22N2O2/c1-3-13-10-17(8-9-19-13)15(18)14(16)12-6-4-11(2)5-7-12/h4-7,13-14H,3,8-10,16H2,1-2H3. The lowest BCUT2D eigenvalue weighted by Gasteiger charge is -2.34. The van der Waals surface area contributed by atoms with Gasteiger partial charge >= 0.3 is 0 Å². The Morgan fingerprint density at radius 2 is 2.16 bits per heavy atom. The first kappa shape index (κ1) is 14.0. The fourth-order valence-electron chi connectivity index (χ4n) is 2.28. The highest BCUT2D eigenvalue weighted by Gasteiger charge is 2.27. The molecule has 1 saturated heterocycles. The van der Waals surface area contributed by atoms with Crippen LogP contribution < -0.4 is 5.73 Å². The molecule has 1 amide bonds. The summed E-state index contributed by atoms with van der Waals surface area (Å²) in [4.78, 5) is 14.2. The Morgan fingerprint density at radius 3 is 2.79 bits per heavy atom. The minimum atomic E-state index is -0.573. The lowest BCUT2D eigenvalue weighted by atomic mass is 10.0. The van der Waals surface area contributed by atoms with Crippen LogP contribution in [0.1, 0.15) is 30.5 Å². The summed E-state index contributed by atoms with van der Waals surface area (Å²) in [5, 5.41) is 0. The van der Waals surface area contributed by atoms with Crippen molar-refractivity contribution < 1.29 is 9.53 Å². The molecule has 1 fully saturated rings. The van der Waals surface area contributed by atoms with Crippen molar-refractivity contribution in [3.8, 4) is 0 Å². The predicted octanol–water partition coefficient (Wildman–Crippen LogP) is 1.63. The van der Waals surface area contributed by atoms with Crippen LogP contribution in [0.3, 0.4) is 0 Å². The van der Waals surface area contributed by atoms with Crippen LogP contribution in [-0.4, -0.2) is 36.6 Å². The van der Waals surface area contributed by atoms with Gasteiger partial charge in [-0.15, -0.1) is 0 Å². The highest BCUT2D eigenvalue weighted by atomic mass is 16.5. The third-order valence-electron chi connectivity index (χ3n) is 3.61. The SMILES string of the molecule is CCC1CN(C(=O)C(N)c2ccc(C)cc2)CCO1. The lowest BCUT2D eigenvalue weighted by molar-refractivity contribution is -0.140. The van der Waals surface area contributed by atoms with E-state index in [2.05, 4.69) is 6.92 Å². The molecule has 1 heterocycles. The Morgan fingerprint density at radius 1 is 1.47 bits per heavy atom. The Bertz CT molecular complexity index is 430. The van der Waals surface area contributed by atoms with Gasteiger partial charge in [-0.05, 0) is 18.9 Å². The van der Waals surface area contributed by atoms with Gasteiger partial charge in [0.15, 0.2) is 0 Å². The zero-order chi connectivity index (χ0) is 13.8. The van der Waals surface area contributed by atoms with Crippen molar-refractivity contribution in [3.05, 3.63) is 35.4 Å². The van der Waals surface area contributed by atoms with E-state index in [-0.39, 0.29) is 12.0 Å². The summed E-state index contributed by atoms with van der Waals surface area (Å²) >= 11 is 0. The van der Waals surface area contributed by atoms with E-state index >= 15 is 0 Å². The van der Waals surface area contributed by atoms with Crippen molar-refractivity contribution >= 4 is 5.91 Å². The van der Waals surface area contributed by atoms with E-state index in [1.165, 1.54) is 5.56 Å². The van der Waals surface area contributed by atoms with Gasteiger partial charge in [0.1, 0.15) is 6.04 Å². The third kappa shape index (κ3) is 3.33. The number of rotatable bonds is 3. The van der Waals surface area contributed by atoms with Crippen molar-refractivity contribution in [1.82, 2.24) is 4.90 Å². The zero-order valence-corrected chi connectivity index (χ0v) is 11.6. The Balaban J connectivity index is 2.04. The fraction of sp³-hybridized carbons (Fsp3) is 0.533. The van der Waals surface area contributed by atoms with Crippen LogP contribution in [0.2, 0.25) is 0 Å². The number of aryl methyl sites for hydroxylation is 1. The second-order valence-corrected chi connectivity index (χ2v) is 5.07. The minimum absolute atomic E-state index is 0.00870. The highest BCUT2D eigenvalue weighted by molar-refractivity contribution is 5.83. The molecule has 0 bridgehead atoms. The van der Waals surface area contributed by atoms with Crippen LogP contribution in [0.25, 0.3) is 0 Å². The maximum Gasteiger partial charge on any atom is 0.244 e. The molecular weight excluding hydrogens is 240 g/mol. The molecule has 0 aromatic heterocycles. The first-order valence-electron chi connectivity index (χ1n) is 6.84. The molecule has 4 nitrogen and oxygen atoms in total. The monoisotopic (exact) mass is 262 g/mol. The molecule has 0 radical (unpaired) electrons. The normalized spacial score (nSPS) is 21.2. The Hall–Kier alpha value is -1.39. The molecule has 104 valence electrons. The zero-order valence-electron chi connectivity index (χ0n) is 11.6. The van der Waals surface area contributed by atoms with Gasteiger partial charge in [-0.1, -0.05) is 36.8 Å². The number of morpholine rings is 1. The van der Waals surface area contributed by atoms with E-state index in [4.69, 9.17) is 10.5 Å². The van der Waals surface area contributed by atoms with Gasteiger partial charge < -0.3 is 15.4 Å². The van der Waals surface area contributed by atoms with Crippen LogP contribution in [0, 0.1) is 6.92 Å². The van der Waals surface area contributed by atoms with E-state index < -0.39 is 6.04 Å². The molecule has 4 heteroatoms. The maximum absolute atomic E-state index is 12.4. The smallest absolute Gasteiger partial charge is 0.244 e. The molecule has 0 spiro atoms. The van der Waals surface area contributed by atoms with Crippen molar-refractivity contribution in [2.75, 3.05) is 19.7 Å². The third-order valence-corrected chi connectivity index (χ3v) is 3.61. The summed E-state index contributed by atoms with van der Waals surface area (Å²) in [6, 6.07) is 7.25. The topological polar surface area (TPSA) is 55.6 Å². The molecule has 0 saturated carbocycles. The van der Waals surface area contributed by atoms with Gasteiger partial charge in [-0.3, -0.25) is 4.79 Å². The molecule has 2 unspecified atom stereocenters. The van der Waals surface area contributed by atoms with E-state index in [0.29, 0.717) is 19.7 Å². The molecule has 2 atom stereocenters. The first-order chi connectivity index (χ1) is 9.11. The van der Waals surface area contributed by atoms with Crippen molar-refractivity contribution in [1.29, 1.82) is 0 Å². The first-order valence-corrected chi connectivity index (χ1v) is 6.84. The molecule has 1 aliphatic rings. The van der Waals surface area contributed by atoms with Crippen LogP contribution in [0.4, 0.5) is 0 Å². The minimum Gasteiger partial charge on any atom is -0.375 e. The second-order valence-electron chi connectivity index (χ2n) is 5.07. The molecular formula is C15H22N2O2. The van der Waals surface area contributed by atoms with Crippen LogP contribution in [0.15, 0.2) is 24.3 Å². The highest BCUT2D eigenvalue weighted by Crippen LogP contribution is 2.17. The predicted molar refractivity (Wildman–Crippen MR) is 74.7 cm³/mol.